The summed E-state index contributed by atoms with van der Waals surface area (Å²) < 4.78 is 43.8. The molecule has 2 aromatic carbocycles. The van der Waals surface area contributed by atoms with Crippen molar-refractivity contribution in [2.45, 2.75) is 6.18 Å². The van der Waals surface area contributed by atoms with E-state index in [-0.39, 0.29) is 5.91 Å². The predicted molar refractivity (Wildman–Crippen MR) is 117 cm³/mol. The second-order valence-electron chi connectivity index (χ2n) is 7.79. The lowest BCUT2D eigenvalue weighted by Crippen LogP contribution is -2.49. The molecule has 1 amide bonds. The lowest BCUT2D eigenvalue weighted by molar-refractivity contribution is -0.137. The minimum Gasteiger partial charge on any atom is -0.355 e. The van der Waals surface area contributed by atoms with Crippen LogP contribution < -0.4 is 4.90 Å². The lowest BCUT2D eigenvalue weighted by Gasteiger charge is -2.35. The van der Waals surface area contributed by atoms with Crippen molar-refractivity contribution in [1.82, 2.24) is 15.0 Å². The van der Waals surface area contributed by atoms with E-state index in [4.69, 9.17) is 4.52 Å². The maximum absolute atomic E-state index is 13.1. The van der Waals surface area contributed by atoms with E-state index in [9.17, 15) is 18.0 Å². The third kappa shape index (κ3) is 4.13. The Bertz CT molecular complexity index is 1280. The monoisotopic (exact) mass is 452 g/mol. The van der Waals surface area contributed by atoms with Crippen molar-refractivity contribution in [1.29, 1.82) is 0 Å². The Kier molecular flexibility index (Phi) is 5.24. The standard InChI is InChI=1S/C24H19F3N4O2/c25-24(26,27)18-7-9-21(28-15-18)30-10-12-31(13-11-30)23(32)17-6-8-20-19(14-17)22(33-29-20)16-4-2-1-3-5-16/h1-9,14-15H,10-13H2. The van der Waals surface area contributed by atoms with Crippen molar-refractivity contribution >= 4 is 22.6 Å². The number of benzene rings is 2. The number of pyridine rings is 1. The number of piperazine rings is 1. The minimum atomic E-state index is -4.41. The Morgan fingerprint density at radius 3 is 2.36 bits per heavy atom. The zero-order chi connectivity index (χ0) is 23.0. The van der Waals surface area contributed by atoms with Crippen LogP contribution in [0.2, 0.25) is 0 Å². The number of carbonyl (C=O) groups excluding carboxylic acids is 1. The number of nitrogens with zero attached hydrogens (tertiary/aromatic N) is 4. The van der Waals surface area contributed by atoms with E-state index in [1.54, 1.807) is 23.1 Å². The summed E-state index contributed by atoms with van der Waals surface area (Å²) in [5, 5.41) is 4.85. The number of carbonyl (C=O) groups is 1. The van der Waals surface area contributed by atoms with E-state index >= 15 is 0 Å². The first-order chi connectivity index (χ1) is 15.9. The lowest BCUT2D eigenvalue weighted by atomic mass is 10.1. The van der Waals surface area contributed by atoms with E-state index in [1.165, 1.54) is 6.07 Å². The highest BCUT2D eigenvalue weighted by molar-refractivity contribution is 6.01. The molecule has 168 valence electrons. The fourth-order valence-corrected chi connectivity index (χ4v) is 3.93. The Morgan fingerprint density at radius 1 is 0.939 bits per heavy atom. The molecule has 1 aliphatic heterocycles. The molecular formula is C24H19F3N4O2. The topological polar surface area (TPSA) is 62.5 Å². The third-order valence-electron chi connectivity index (χ3n) is 5.73. The first kappa shape index (κ1) is 21.0. The summed E-state index contributed by atoms with van der Waals surface area (Å²) in [6.07, 6.45) is -3.58. The van der Waals surface area contributed by atoms with Crippen LogP contribution in [-0.2, 0) is 6.18 Å². The Balaban J connectivity index is 1.30. The van der Waals surface area contributed by atoms with Gasteiger partial charge in [0.15, 0.2) is 5.76 Å². The largest absolute Gasteiger partial charge is 0.417 e. The van der Waals surface area contributed by atoms with Crippen molar-refractivity contribution in [3.8, 4) is 11.3 Å². The van der Waals surface area contributed by atoms with Gasteiger partial charge in [-0.15, -0.1) is 0 Å². The van der Waals surface area contributed by atoms with Crippen molar-refractivity contribution in [3.05, 3.63) is 78.0 Å². The van der Waals surface area contributed by atoms with E-state index < -0.39 is 11.7 Å². The van der Waals surface area contributed by atoms with Gasteiger partial charge in [-0.3, -0.25) is 4.79 Å². The summed E-state index contributed by atoms with van der Waals surface area (Å²) in [6, 6.07) is 17.2. The number of hydrogen-bond donors (Lipinski definition) is 0. The highest BCUT2D eigenvalue weighted by atomic mass is 19.4. The Morgan fingerprint density at radius 2 is 1.70 bits per heavy atom. The summed E-state index contributed by atoms with van der Waals surface area (Å²) in [5.74, 6) is 0.962. The van der Waals surface area contributed by atoms with Crippen LogP contribution in [0.5, 0.6) is 0 Å². The molecule has 0 unspecified atom stereocenters. The fraction of sp³-hybridized carbons (Fsp3) is 0.208. The summed E-state index contributed by atoms with van der Waals surface area (Å²) in [4.78, 5) is 20.7. The van der Waals surface area contributed by atoms with E-state index in [0.29, 0.717) is 48.8 Å². The number of aromatic nitrogens is 2. The number of hydrogen-bond acceptors (Lipinski definition) is 5. The molecule has 5 rings (SSSR count). The molecule has 0 bridgehead atoms. The van der Waals surface area contributed by atoms with Gasteiger partial charge in [0.05, 0.1) is 10.9 Å². The number of fused-ring (bicyclic) bond motifs is 1. The molecule has 0 aliphatic carbocycles. The average molecular weight is 452 g/mol. The van der Waals surface area contributed by atoms with Gasteiger partial charge >= 0.3 is 6.18 Å². The number of amides is 1. The number of anilines is 1. The van der Waals surface area contributed by atoms with Crippen LogP contribution in [0.1, 0.15) is 15.9 Å². The normalized spacial score (nSPS) is 14.6. The Labute approximate surface area is 187 Å². The van der Waals surface area contributed by atoms with Gasteiger partial charge in [0.2, 0.25) is 0 Å². The van der Waals surface area contributed by atoms with Crippen molar-refractivity contribution < 1.29 is 22.5 Å². The van der Waals surface area contributed by atoms with Crippen molar-refractivity contribution in [3.63, 3.8) is 0 Å². The minimum absolute atomic E-state index is 0.114. The molecular weight excluding hydrogens is 433 g/mol. The summed E-state index contributed by atoms with van der Waals surface area (Å²) in [6.45, 7) is 1.84. The van der Waals surface area contributed by atoms with Crippen LogP contribution in [0.4, 0.5) is 19.0 Å². The Hall–Kier alpha value is -3.88. The summed E-state index contributed by atoms with van der Waals surface area (Å²) >= 11 is 0. The maximum atomic E-state index is 13.1. The SMILES string of the molecule is O=C(c1ccc2noc(-c3ccccc3)c2c1)N1CCN(c2ccc(C(F)(F)F)cn2)CC1. The maximum Gasteiger partial charge on any atom is 0.417 e. The first-order valence-corrected chi connectivity index (χ1v) is 10.4. The van der Waals surface area contributed by atoms with Crippen LogP contribution in [-0.4, -0.2) is 47.1 Å². The number of rotatable bonds is 3. The molecule has 0 spiro atoms. The molecule has 1 fully saturated rings. The third-order valence-corrected chi connectivity index (χ3v) is 5.73. The molecule has 0 radical (unpaired) electrons. The smallest absolute Gasteiger partial charge is 0.355 e. The fourth-order valence-electron chi connectivity index (χ4n) is 3.93. The van der Waals surface area contributed by atoms with Gasteiger partial charge in [-0.25, -0.2) is 4.98 Å². The van der Waals surface area contributed by atoms with Crippen LogP contribution in [0.25, 0.3) is 22.2 Å². The van der Waals surface area contributed by atoms with Crippen molar-refractivity contribution in [2.24, 2.45) is 0 Å². The van der Waals surface area contributed by atoms with Gasteiger partial charge in [0.1, 0.15) is 11.3 Å². The molecule has 3 heterocycles. The molecule has 9 heteroatoms. The van der Waals surface area contributed by atoms with Gasteiger partial charge in [-0.1, -0.05) is 35.5 Å². The first-order valence-electron chi connectivity index (χ1n) is 10.4. The molecule has 2 aromatic heterocycles. The second-order valence-corrected chi connectivity index (χ2v) is 7.79. The van der Waals surface area contributed by atoms with Gasteiger partial charge < -0.3 is 14.3 Å². The molecule has 6 nitrogen and oxygen atoms in total. The number of halogens is 3. The van der Waals surface area contributed by atoms with Crippen LogP contribution in [0.15, 0.2) is 71.4 Å². The van der Waals surface area contributed by atoms with E-state index in [2.05, 4.69) is 10.1 Å². The van der Waals surface area contributed by atoms with Crippen LogP contribution in [0, 0.1) is 0 Å². The molecule has 1 saturated heterocycles. The quantitative estimate of drug-likeness (QED) is 0.444. The van der Waals surface area contributed by atoms with Crippen LogP contribution in [0.3, 0.4) is 0 Å². The zero-order valence-electron chi connectivity index (χ0n) is 17.4. The molecule has 0 N–H and O–H groups in total. The predicted octanol–water partition coefficient (Wildman–Crippen LogP) is 4.87. The van der Waals surface area contributed by atoms with Gasteiger partial charge in [0.25, 0.3) is 5.91 Å². The molecule has 1 aliphatic rings. The highest BCUT2D eigenvalue weighted by Gasteiger charge is 2.31. The molecule has 4 aromatic rings. The molecule has 33 heavy (non-hydrogen) atoms. The molecule has 0 saturated carbocycles. The highest BCUT2D eigenvalue weighted by Crippen LogP contribution is 2.31. The van der Waals surface area contributed by atoms with Gasteiger partial charge in [0, 0.05) is 43.5 Å². The van der Waals surface area contributed by atoms with E-state index in [1.807, 2.05) is 35.2 Å². The number of alkyl halides is 3. The summed E-state index contributed by atoms with van der Waals surface area (Å²) in [5.41, 5.74) is 1.30. The van der Waals surface area contributed by atoms with Gasteiger partial charge in [-0.2, -0.15) is 13.2 Å². The van der Waals surface area contributed by atoms with Crippen LogP contribution >= 0.6 is 0 Å². The molecule has 0 atom stereocenters. The average Bonchev–Trinajstić information content (AvgIpc) is 3.27. The summed E-state index contributed by atoms with van der Waals surface area (Å²) in [7, 11) is 0. The van der Waals surface area contributed by atoms with Crippen molar-refractivity contribution in [2.75, 3.05) is 31.1 Å². The second kappa shape index (κ2) is 8.23. The zero-order valence-corrected chi connectivity index (χ0v) is 17.4. The van der Waals surface area contributed by atoms with Gasteiger partial charge in [-0.05, 0) is 30.3 Å². The van der Waals surface area contributed by atoms with E-state index in [0.717, 1.165) is 23.2 Å².